The first-order valence-electron chi connectivity index (χ1n) is 13.4. The Balaban J connectivity index is 1.44. The van der Waals surface area contributed by atoms with Crippen LogP contribution in [0.5, 0.6) is 5.75 Å². The molecule has 1 aliphatic rings. The summed E-state index contributed by atoms with van der Waals surface area (Å²) in [5.74, 6) is 1.54. The molecule has 0 aliphatic carbocycles. The molecule has 6 rings (SSSR count). The molecule has 1 amide bonds. The maximum Gasteiger partial charge on any atom is 0.271 e. The largest absolute Gasteiger partial charge is 0.494 e. The molecule has 0 saturated heterocycles. The fourth-order valence-electron chi connectivity index (χ4n) is 4.92. The number of thiazole rings is 1. The summed E-state index contributed by atoms with van der Waals surface area (Å²) in [6.07, 6.45) is 1.70. The number of hydrogen-bond donors (Lipinski definition) is 1. The standard InChI is InChI=1S/C33H26ClN3O4S/c1-3-40-25-14-12-21(13-15-25)30-29(31(38)36-24-10-5-4-6-11-24)20(2)35-33-37(30)32(39)28(42-33)19-26-16-17-27(41-26)22-8-7-9-23(34)18-22/h4-19,30H,3H2,1-2H3,(H,36,38)/b28-19-/t30-/m0/s1. The first-order valence-corrected chi connectivity index (χ1v) is 14.6. The maximum atomic E-state index is 14.0. The highest BCUT2D eigenvalue weighted by molar-refractivity contribution is 7.07. The topological polar surface area (TPSA) is 85.8 Å². The number of carbonyl (C=O) groups is 1. The molecule has 0 saturated carbocycles. The smallest absolute Gasteiger partial charge is 0.271 e. The highest BCUT2D eigenvalue weighted by atomic mass is 35.5. The first kappa shape index (κ1) is 27.5. The summed E-state index contributed by atoms with van der Waals surface area (Å²) in [6, 6.07) is 27.0. The van der Waals surface area contributed by atoms with E-state index < -0.39 is 6.04 Å². The van der Waals surface area contributed by atoms with Crippen LogP contribution in [0.25, 0.3) is 17.4 Å². The molecule has 1 aliphatic heterocycles. The third-order valence-corrected chi connectivity index (χ3v) is 8.03. The summed E-state index contributed by atoms with van der Waals surface area (Å²) in [4.78, 5) is 32.9. The second kappa shape index (κ2) is 11.7. The molecule has 7 nitrogen and oxygen atoms in total. The highest BCUT2D eigenvalue weighted by Gasteiger charge is 2.32. The Morgan fingerprint density at radius 3 is 2.60 bits per heavy atom. The van der Waals surface area contributed by atoms with Crippen LogP contribution < -0.4 is 24.9 Å². The Hall–Kier alpha value is -4.66. The van der Waals surface area contributed by atoms with Gasteiger partial charge in [0.05, 0.1) is 28.5 Å². The molecule has 2 aromatic heterocycles. The van der Waals surface area contributed by atoms with Crippen molar-refractivity contribution >= 4 is 40.6 Å². The average molecular weight is 596 g/mol. The van der Waals surface area contributed by atoms with Crippen LogP contribution in [0.3, 0.4) is 0 Å². The number of allylic oxidation sites excluding steroid dienone is 1. The van der Waals surface area contributed by atoms with Crippen LogP contribution in [0.1, 0.15) is 31.2 Å². The summed E-state index contributed by atoms with van der Waals surface area (Å²) in [5, 5.41) is 3.57. The fraction of sp³-hybridized carbons (Fsp3) is 0.121. The van der Waals surface area contributed by atoms with E-state index in [-0.39, 0.29) is 11.5 Å². The van der Waals surface area contributed by atoms with Gasteiger partial charge in [-0.1, -0.05) is 65.4 Å². The van der Waals surface area contributed by atoms with Gasteiger partial charge in [0, 0.05) is 22.3 Å². The average Bonchev–Trinajstić information content (AvgIpc) is 3.57. The summed E-state index contributed by atoms with van der Waals surface area (Å²) in [6.45, 7) is 4.24. The summed E-state index contributed by atoms with van der Waals surface area (Å²) in [5.41, 5.74) is 2.91. The van der Waals surface area contributed by atoms with E-state index in [2.05, 4.69) is 5.32 Å². The molecule has 0 unspecified atom stereocenters. The lowest BCUT2D eigenvalue weighted by Crippen LogP contribution is -2.40. The van der Waals surface area contributed by atoms with Crippen LogP contribution in [0.15, 0.2) is 116 Å². The zero-order chi connectivity index (χ0) is 29.2. The number of benzene rings is 3. The Labute approximate surface area is 250 Å². The lowest BCUT2D eigenvalue weighted by Gasteiger charge is -2.25. The van der Waals surface area contributed by atoms with Gasteiger partial charge in [0.25, 0.3) is 11.5 Å². The van der Waals surface area contributed by atoms with E-state index in [9.17, 15) is 9.59 Å². The molecule has 1 atom stereocenters. The van der Waals surface area contributed by atoms with Crippen molar-refractivity contribution in [3.63, 3.8) is 0 Å². The van der Waals surface area contributed by atoms with Gasteiger partial charge < -0.3 is 14.5 Å². The fourth-order valence-corrected chi connectivity index (χ4v) is 6.13. The number of aromatic nitrogens is 1. The molecule has 1 N–H and O–H groups in total. The van der Waals surface area contributed by atoms with Crippen LogP contribution in [0.2, 0.25) is 5.02 Å². The van der Waals surface area contributed by atoms with E-state index in [4.69, 9.17) is 25.7 Å². The van der Waals surface area contributed by atoms with Gasteiger partial charge in [0.1, 0.15) is 17.3 Å². The van der Waals surface area contributed by atoms with Crippen molar-refractivity contribution in [2.75, 3.05) is 11.9 Å². The van der Waals surface area contributed by atoms with E-state index in [0.29, 0.717) is 55.2 Å². The molecule has 0 radical (unpaired) electrons. The predicted octanol–water partition coefficient (Wildman–Crippen LogP) is 6.19. The molecule has 0 spiro atoms. The monoisotopic (exact) mass is 595 g/mol. The van der Waals surface area contributed by atoms with Gasteiger partial charge >= 0.3 is 0 Å². The SMILES string of the molecule is CCOc1ccc([C@H]2C(C(=O)Nc3ccccc3)=C(C)N=c3s/c(=C\c4ccc(-c5cccc(Cl)c5)o4)c(=O)n32)cc1. The van der Waals surface area contributed by atoms with Crippen molar-refractivity contribution in [1.29, 1.82) is 0 Å². The molecule has 0 fully saturated rings. The third kappa shape index (κ3) is 5.46. The number of hydrogen-bond acceptors (Lipinski definition) is 6. The zero-order valence-corrected chi connectivity index (χ0v) is 24.4. The number of nitrogens with one attached hydrogen (secondary N) is 1. The normalized spacial score (nSPS) is 14.8. The van der Waals surface area contributed by atoms with E-state index >= 15 is 0 Å². The summed E-state index contributed by atoms with van der Waals surface area (Å²) >= 11 is 7.40. The van der Waals surface area contributed by atoms with Crippen molar-refractivity contribution in [3.05, 3.63) is 138 Å². The van der Waals surface area contributed by atoms with Crippen LogP contribution in [0, 0.1) is 0 Å². The highest BCUT2D eigenvalue weighted by Crippen LogP contribution is 2.32. The number of halogens is 1. The lowest BCUT2D eigenvalue weighted by atomic mass is 9.95. The van der Waals surface area contributed by atoms with Gasteiger partial charge in [0.2, 0.25) is 0 Å². The minimum Gasteiger partial charge on any atom is -0.494 e. The molecule has 210 valence electrons. The van der Waals surface area contributed by atoms with Gasteiger partial charge in [-0.15, -0.1) is 0 Å². The van der Waals surface area contributed by atoms with Gasteiger partial charge in [-0.25, -0.2) is 4.99 Å². The third-order valence-electron chi connectivity index (χ3n) is 6.81. The zero-order valence-electron chi connectivity index (χ0n) is 22.8. The number of rotatable bonds is 7. The van der Waals surface area contributed by atoms with E-state index in [1.807, 2.05) is 91.9 Å². The number of nitrogens with zero attached hydrogens (tertiary/aromatic N) is 2. The molecular weight excluding hydrogens is 570 g/mol. The van der Waals surface area contributed by atoms with E-state index in [0.717, 1.165) is 11.1 Å². The van der Waals surface area contributed by atoms with Crippen molar-refractivity contribution < 1.29 is 13.9 Å². The van der Waals surface area contributed by atoms with E-state index in [1.165, 1.54) is 11.3 Å². The number of carbonyl (C=O) groups excluding carboxylic acids is 1. The molecule has 42 heavy (non-hydrogen) atoms. The van der Waals surface area contributed by atoms with Crippen LogP contribution in [-0.2, 0) is 4.79 Å². The Bertz CT molecular complexity index is 1990. The van der Waals surface area contributed by atoms with Crippen molar-refractivity contribution in [3.8, 4) is 17.1 Å². The van der Waals surface area contributed by atoms with Crippen LogP contribution >= 0.6 is 22.9 Å². The number of fused-ring (bicyclic) bond motifs is 1. The van der Waals surface area contributed by atoms with Crippen LogP contribution in [-0.4, -0.2) is 17.1 Å². The number of para-hydroxylation sites is 1. The first-order chi connectivity index (χ1) is 20.4. The van der Waals surface area contributed by atoms with Crippen molar-refractivity contribution in [2.45, 2.75) is 19.9 Å². The quantitative estimate of drug-likeness (QED) is 0.243. The minimum absolute atomic E-state index is 0.268. The Morgan fingerprint density at radius 2 is 1.86 bits per heavy atom. The predicted molar refractivity (Wildman–Crippen MR) is 166 cm³/mol. The van der Waals surface area contributed by atoms with Gasteiger partial charge in [-0.2, -0.15) is 0 Å². The number of amides is 1. The Morgan fingerprint density at radius 1 is 1.07 bits per heavy atom. The van der Waals surface area contributed by atoms with Crippen molar-refractivity contribution in [2.24, 2.45) is 4.99 Å². The number of furan rings is 1. The second-order valence-electron chi connectivity index (χ2n) is 9.62. The van der Waals surface area contributed by atoms with Gasteiger partial charge in [0.15, 0.2) is 4.80 Å². The molecule has 9 heteroatoms. The van der Waals surface area contributed by atoms with Gasteiger partial charge in [-0.05, 0) is 67.9 Å². The molecule has 3 aromatic carbocycles. The number of ether oxygens (including phenoxy) is 1. The van der Waals surface area contributed by atoms with Crippen molar-refractivity contribution in [1.82, 2.24) is 4.57 Å². The molecule has 0 bridgehead atoms. The van der Waals surface area contributed by atoms with Crippen LogP contribution in [0.4, 0.5) is 5.69 Å². The number of anilines is 1. The molecule has 5 aromatic rings. The Kier molecular flexibility index (Phi) is 7.65. The molecular formula is C33H26ClN3O4S. The van der Waals surface area contributed by atoms with Gasteiger partial charge in [-0.3, -0.25) is 14.2 Å². The second-order valence-corrected chi connectivity index (χ2v) is 11.1. The lowest BCUT2D eigenvalue weighted by molar-refractivity contribution is -0.113. The summed E-state index contributed by atoms with van der Waals surface area (Å²) < 4.78 is 13.7. The maximum absolute atomic E-state index is 14.0. The molecule has 3 heterocycles. The van der Waals surface area contributed by atoms with E-state index in [1.54, 1.807) is 23.6 Å². The summed E-state index contributed by atoms with van der Waals surface area (Å²) in [7, 11) is 0. The minimum atomic E-state index is -0.693.